The maximum atomic E-state index is 12.5. The number of carbonyl (C=O) groups excluding carboxylic acids is 1. The van der Waals surface area contributed by atoms with Gasteiger partial charge in [0.1, 0.15) is 4.21 Å². The Balaban J connectivity index is 1.39. The zero-order valence-corrected chi connectivity index (χ0v) is 17.8. The van der Waals surface area contributed by atoms with Crippen molar-refractivity contribution in [2.24, 2.45) is 0 Å². The normalized spacial score (nSPS) is 15.9. The molecule has 1 amide bonds. The Bertz CT molecular complexity index is 846. The highest BCUT2D eigenvalue weighted by atomic mass is 32.2. The van der Waals surface area contributed by atoms with Crippen LogP contribution in [-0.2, 0) is 21.4 Å². The summed E-state index contributed by atoms with van der Waals surface area (Å²) in [6.45, 7) is 4.46. The van der Waals surface area contributed by atoms with E-state index in [-0.39, 0.29) is 5.91 Å². The summed E-state index contributed by atoms with van der Waals surface area (Å²) in [4.78, 5) is 16.7. The number of benzene rings is 1. The molecule has 8 heteroatoms. The monoisotopic (exact) mass is 421 g/mol. The van der Waals surface area contributed by atoms with E-state index >= 15 is 0 Å². The first-order valence-electron chi connectivity index (χ1n) is 9.51. The SMILES string of the molecule is CN(CCCC(=O)N1CCN(Cc2ccccc2)CC1)S(=O)(=O)c1cccs1. The van der Waals surface area contributed by atoms with Crippen LogP contribution in [0.25, 0.3) is 0 Å². The van der Waals surface area contributed by atoms with Crippen molar-refractivity contribution in [3.05, 3.63) is 53.4 Å². The summed E-state index contributed by atoms with van der Waals surface area (Å²) < 4.78 is 26.5. The predicted octanol–water partition coefficient (Wildman–Crippen LogP) is 2.49. The lowest BCUT2D eigenvalue weighted by atomic mass is 10.2. The molecule has 1 aliphatic rings. The van der Waals surface area contributed by atoms with Crippen molar-refractivity contribution < 1.29 is 13.2 Å². The number of hydrogen-bond acceptors (Lipinski definition) is 5. The molecule has 1 aromatic carbocycles. The first-order valence-corrected chi connectivity index (χ1v) is 11.8. The van der Waals surface area contributed by atoms with Crippen molar-refractivity contribution in [2.75, 3.05) is 39.8 Å². The van der Waals surface area contributed by atoms with Crippen LogP contribution in [0.5, 0.6) is 0 Å². The lowest BCUT2D eigenvalue weighted by Gasteiger charge is -2.35. The van der Waals surface area contributed by atoms with Crippen molar-refractivity contribution in [2.45, 2.75) is 23.6 Å². The van der Waals surface area contributed by atoms with Gasteiger partial charge >= 0.3 is 0 Å². The zero-order valence-electron chi connectivity index (χ0n) is 16.2. The molecule has 0 saturated carbocycles. The van der Waals surface area contributed by atoms with E-state index in [0.29, 0.717) is 23.6 Å². The number of carbonyl (C=O) groups is 1. The molecule has 3 rings (SSSR count). The third kappa shape index (κ3) is 5.41. The Hall–Kier alpha value is -1.74. The van der Waals surface area contributed by atoms with Gasteiger partial charge in [-0.15, -0.1) is 11.3 Å². The van der Waals surface area contributed by atoms with E-state index < -0.39 is 10.0 Å². The van der Waals surface area contributed by atoms with E-state index in [2.05, 4.69) is 17.0 Å². The number of hydrogen-bond donors (Lipinski definition) is 0. The second-order valence-corrected chi connectivity index (χ2v) is 10.2. The predicted molar refractivity (Wildman–Crippen MR) is 112 cm³/mol. The third-order valence-electron chi connectivity index (χ3n) is 5.00. The highest BCUT2D eigenvalue weighted by Crippen LogP contribution is 2.20. The molecule has 2 heterocycles. The Morgan fingerprint density at radius 2 is 1.79 bits per heavy atom. The quantitative estimate of drug-likeness (QED) is 0.657. The van der Waals surface area contributed by atoms with Crippen LogP contribution in [-0.4, -0.2) is 68.2 Å². The van der Waals surface area contributed by atoms with Crippen molar-refractivity contribution in [3.63, 3.8) is 0 Å². The number of nitrogens with zero attached hydrogens (tertiary/aromatic N) is 3. The number of amides is 1. The van der Waals surface area contributed by atoms with Gasteiger partial charge in [0.25, 0.3) is 10.0 Å². The molecule has 0 unspecified atom stereocenters. The molecule has 28 heavy (non-hydrogen) atoms. The molecule has 0 spiro atoms. The minimum atomic E-state index is -3.44. The lowest BCUT2D eigenvalue weighted by molar-refractivity contribution is -0.133. The largest absolute Gasteiger partial charge is 0.340 e. The summed E-state index contributed by atoms with van der Waals surface area (Å²) in [5.74, 6) is 0.112. The van der Waals surface area contributed by atoms with Crippen LogP contribution in [0.4, 0.5) is 0 Å². The van der Waals surface area contributed by atoms with Crippen molar-refractivity contribution in [3.8, 4) is 0 Å². The van der Waals surface area contributed by atoms with E-state index in [4.69, 9.17) is 0 Å². The second-order valence-electron chi connectivity index (χ2n) is 7.00. The fourth-order valence-electron chi connectivity index (χ4n) is 3.29. The van der Waals surface area contributed by atoms with E-state index in [1.54, 1.807) is 24.6 Å². The van der Waals surface area contributed by atoms with Crippen LogP contribution >= 0.6 is 11.3 Å². The van der Waals surface area contributed by atoms with Gasteiger partial charge in [-0.1, -0.05) is 36.4 Å². The van der Waals surface area contributed by atoms with Gasteiger partial charge in [-0.2, -0.15) is 0 Å². The molecule has 0 aliphatic carbocycles. The molecule has 1 saturated heterocycles. The molecule has 1 aliphatic heterocycles. The van der Waals surface area contributed by atoms with E-state index in [0.717, 1.165) is 32.7 Å². The maximum Gasteiger partial charge on any atom is 0.252 e. The van der Waals surface area contributed by atoms with Gasteiger partial charge in [-0.3, -0.25) is 9.69 Å². The van der Waals surface area contributed by atoms with Crippen LogP contribution < -0.4 is 0 Å². The first-order chi connectivity index (χ1) is 13.5. The molecular weight excluding hydrogens is 394 g/mol. The summed E-state index contributed by atoms with van der Waals surface area (Å²) in [5, 5.41) is 1.75. The maximum absolute atomic E-state index is 12.5. The molecule has 152 valence electrons. The highest BCUT2D eigenvalue weighted by molar-refractivity contribution is 7.91. The van der Waals surface area contributed by atoms with Crippen LogP contribution in [0, 0.1) is 0 Å². The summed E-state index contributed by atoms with van der Waals surface area (Å²) in [7, 11) is -1.86. The van der Waals surface area contributed by atoms with Gasteiger partial charge in [0.05, 0.1) is 0 Å². The molecule has 6 nitrogen and oxygen atoms in total. The van der Waals surface area contributed by atoms with Crippen LogP contribution in [0.15, 0.2) is 52.1 Å². The molecule has 1 aromatic heterocycles. The van der Waals surface area contributed by atoms with Gasteiger partial charge in [0, 0.05) is 52.7 Å². The van der Waals surface area contributed by atoms with Gasteiger partial charge in [-0.05, 0) is 23.4 Å². The molecular formula is C20H27N3O3S2. The first kappa shape index (κ1) is 21.0. The molecule has 0 bridgehead atoms. The molecule has 2 aromatic rings. The van der Waals surface area contributed by atoms with Crippen molar-refractivity contribution in [1.82, 2.24) is 14.1 Å². The summed E-state index contributed by atoms with van der Waals surface area (Å²) in [6.07, 6.45) is 0.910. The fourth-order valence-corrected chi connectivity index (χ4v) is 5.70. The van der Waals surface area contributed by atoms with Gasteiger partial charge in [-0.25, -0.2) is 12.7 Å². The summed E-state index contributed by atoms with van der Waals surface area (Å²) >= 11 is 1.21. The Labute approximate surface area is 171 Å². The minimum Gasteiger partial charge on any atom is -0.340 e. The number of piperazine rings is 1. The Kier molecular flexibility index (Phi) is 7.23. The van der Waals surface area contributed by atoms with E-state index in [9.17, 15) is 13.2 Å². The van der Waals surface area contributed by atoms with Gasteiger partial charge < -0.3 is 4.90 Å². The second kappa shape index (κ2) is 9.65. The highest BCUT2D eigenvalue weighted by Gasteiger charge is 2.23. The van der Waals surface area contributed by atoms with Crippen LogP contribution in [0.1, 0.15) is 18.4 Å². The number of rotatable bonds is 8. The molecule has 1 fully saturated rings. The standard InChI is InChI=1S/C20H27N3O3S2/c1-21(28(25,26)20-10-6-16-27-20)11-5-9-19(24)23-14-12-22(13-15-23)17-18-7-3-2-4-8-18/h2-4,6-8,10,16H,5,9,11-15,17H2,1H3. The number of thiophene rings is 1. The average molecular weight is 422 g/mol. The molecule has 0 atom stereocenters. The van der Waals surface area contributed by atoms with Crippen LogP contribution in [0.3, 0.4) is 0 Å². The average Bonchev–Trinajstić information content (AvgIpc) is 3.25. The minimum absolute atomic E-state index is 0.112. The lowest BCUT2D eigenvalue weighted by Crippen LogP contribution is -2.48. The van der Waals surface area contributed by atoms with E-state index in [1.807, 2.05) is 23.1 Å². The van der Waals surface area contributed by atoms with Gasteiger partial charge in [0.2, 0.25) is 5.91 Å². The summed E-state index contributed by atoms with van der Waals surface area (Å²) in [6, 6.07) is 13.7. The van der Waals surface area contributed by atoms with E-state index in [1.165, 1.54) is 21.2 Å². The Morgan fingerprint density at radius 1 is 1.07 bits per heavy atom. The third-order valence-corrected chi connectivity index (χ3v) is 8.23. The smallest absolute Gasteiger partial charge is 0.252 e. The summed E-state index contributed by atoms with van der Waals surface area (Å²) in [5.41, 5.74) is 1.29. The topological polar surface area (TPSA) is 60.9 Å². The fraction of sp³-hybridized carbons (Fsp3) is 0.450. The Morgan fingerprint density at radius 3 is 2.43 bits per heavy atom. The van der Waals surface area contributed by atoms with Crippen LogP contribution in [0.2, 0.25) is 0 Å². The van der Waals surface area contributed by atoms with Crippen molar-refractivity contribution >= 4 is 27.3 Å². The zero-order chi connectivity index (χ0) is 20.0. The molecule has 0 radical (unpaired) electrons. The van der Waals surface area contributed by atoms with Crippen molar-refractivity contribution in [1.29, 1.82) is 0 Å². The molecule has 0 N–H and O–H groups in total. The van der Waals surface area contributed by atoms with Gasteiger partial charge in [0.15, 0.2) is 0 Å². The number of sulfonamides is 1.